The number of hydrogen-bond donors (Lipinski definition) is 4. The second-order valence-electron chi connectivity index (χ2n) is 8.90. The molecular weight excluding hydrogens is 452 g/mol. The average Bonchev–Trinajstić information content (AvgIpc) is 3.18. The molecule has 1 amide bonds. The first-order valence-electron chi connectivity index (χ1n) is 11.0. The maximum absolute atomic E-state index is 10.00. The van der Waals surface area contributed by atoms with Crippen LogP contribution >= 0.6 is 11.3 Å². The Balaban J connectivity index is 0.000000309. The van der Waals surface area contributed by atoms with Crippen molar-refractivity contribution < 1.29 is 14.6 Å². The summed E-state index contributed by atoms with van der Waals surface area (Å²) in [6, 6.07) is 3.54. The molecule has 9 nitrogen and oxygen atoms in total. The number of rotatable bonds is 7. The van der Waals surface area contributed by atoms with Crippen molar-refractivity contribution in [1.82, 2.24) is 14.9 Å². The normalized spacial score (nSPS) is 12.9. The van der Waals surface area contributed by atoms with Crippen LogP contribution in [-0.2, 0) is 17.6 Å². The van der Waals surface area contributed by atoms with Gasteiger partial charge < -0.3 is 31.2 Å². The van der Waals surface area contributed by atoms with Gasteiger partial charge in [-0.1, -0.05) is 0 Å². The van der Waals surface area contributed by atoms with Crippen molar-refractivity contribution >= 4 is 51.4 Å². The number of thiophene rings is 1. The number of nitrogens with zero attached hydrogens (tertiary/aromatic N) is 3. The Morgan fingerprint density at radius 3 is 2.68 bits per heavy atom. The monoisotopic (exact) mass is 484 g/mol. The minimum Gasteiger partial charge on any atom is -0.494 e. The van der Waals surface area contributed by atoms with Gasteiger partial charge in [0.05, 0.1) is 23.8 Å². The molecule has 2 aromatic heterocycles. The lowest BCUT2D eigenvalue weighted by molar-refractivity contribution is -0.119. The largest absolute Gasteiger partial charge is 0.494 e. The van der Waals surface area contributed by atoms with Gasteiger partial charge >= 0.3 is 0 Å². The number of aryl methyl sites for hydroxylation is 2. The molecule has 5 N–H and O–H groups in total. The topological polar surface area (TPSA) is 137 Å². The van der Waals surface area contributed by atoms with E-state index in [0.29, 0.717) is 30.0 Å². The van der Waals surface area contributed by atoms with E-state index in [0.717, 1.165) is 34.6 Å². The number of amides is 1. The van der Waals surface area contributed by atoms with Crippen molar-refractivity contribution in [3.63, 3.8) is 0 Å². The number of likely N-dealkylation sites (N-methyl/N-ethyl adjacent to an activating group) is 1. The van der Waals surface area contributed by atoms with Gasteiger partial charge in [-0.3, -0.25) is 4.79 Å². The number of nitrogens with one attached hydrogen (secondary N) is 2. The average molecular weight is 485 g/mol. The van der Waals surface area contributed by atoms with Gasteiger partial charge in [-0.25, -0.2) is 9.97 Å². The fourth-order valence-corrected chi connectivity index (χ4v) is 5.19. The number of hydrogen-bond acceptors (Lipinski definition) is 9. The number of fused-ring (bicyclic) bond motifs is 3. The number of methoxy groups -OCH3 is 1. The van der Waals surface area contributed by atoms with Crippen molar-refractivity contribution in [2.45, 2.75) is 45.1 Å². The molecule has 3 aromatic rings. The molecule has 2 heterocycles. The molecule has 1 aliphatic carbocycles. The van der Waals surface area contributed by atoms with E-state index in [4.69, 9.17) is 21.0 Å². The fraction of sp³-hybridized carbons (Fsp3) is 0.417. The quantitative estimate of drug-likeness (QED) is 0.228. The summed E-state index contributed by atoms with van der Waals surface area (Å²) in [7, 11) is 3.23. The lowest BCUT2D eigenvalue weighted by Crippen LogP contribution is -2.35. The Bertz CT molecular complexity index is 1170. The van der Waals surface area contributed by atoms with E-state index in [1.165, 1.54) is 34.4 Å². The van der Waals surface area contributed by atoms with Gasteiger partial charge in [0.15, 0.2) is 0 Å². The molecule has 0 fully saturated rings. The van der Waals surface area contributed by atoms with Crippen LogP contribution < -0.4 is 15.8 Å². The summed E-state index contributed by atoms with van der Waals surface area (Å²) in [5, 5.41) is 21.1. The Labute approximate surface area is 203 Å². The van der Waals surface area contributed by atoms with Crippen LogP contribution in [0.3, 0.4) is 0 Å². The molecule has 34 heavy (non-hydrogen) atoms. The van der Waals surface area contributed by atoms with E-state index >= 15 is 0 Å². The van der Waals surface area contributed by atoms with Crippen LogP contribution in [0.4, 0.5) is 17.2 Å². The summed E-state index contributed by atoms with van der Waals surface area (Å²) in [4.78, 5) is 22.8. The van der Waals surface area contributed by atoms with Crippen molar-refractivity contribution in [2.75, 3.05) is 31.8 Å². The zero-order valence-electron chi connectivity index (χ0n) is 20.0. The number of nitrogen functional groups attached to an aromatic ring is 1. The zero-order chi connectivity index (χ0) is 24.9. The molecule has 0 spiro atoms. The molecule has 182 valence electrons. The highest BCUT2D eigenvalue weighted by atomic mass is 32.1. The van der Waals surface area contributed by atoms with Crippen LogP contribution in [0.15, 0.2) is 18.5 Å². The lowest BCUT2D eigenvalue weighted by atomic mass is 9.97. The summed E-state index contributed by atoms with van der Waals surface area (Å²) < 4.78 is 5.45. The highest BCUT2D eigenvalue weighted by molar-refractivity contribution is 7.19. The molecule has 10 heteroatoms. The molecule has 0 unspecified atom stereocenters. The van der Waals surface area contributed by atoms with Crippen molar-refractivity contribution in [2.24, 2.45) is 0 Å². The van der Waals surface area contributed by atoms with Crippen LogP contribution in [0.1, 0.15) is 42.7 Å². The minimum atomic E-state index is -0.782. The lowest BCUT2D eigenvalue weighted by Gasteiger charge is -2.21. The summed E-state index contributed by atoms with van der Waals surface area (Å²) in [6.07, 6.45) is 8.16. The van der Waals surface area contributed by atoms with Crippen molar-refractivity contribution in [1.29, 1.82) is 5.41 Å². The zero-order valence-corrected chi connectivity index (χ0v) is 20.8. The summed E-state index contributed by atoms with van der Waals surface area (Å²) in [6.45, 7) is 3.69. The highest BCUT2D eigenvalue weighted by Crippen LogP contribution is 2.40. The molecule has 1 aromatic carbocycles. The van der Waals surface area contributed by atoms with Gasteiger partial charge in [-0.2, -0.15) is 0 Å². The second-order valence-corrected chi connectivity index (χ2v) is 9.98. The summed E-state index contributed by atoms with van der Waals surface area (Å²) in [5.74, 6) is 1.40. The number of aliphatic hydroxyl groups is 1. The van der Waals surface area contributed by atoms with E-state index in [2.05, 4.69) is 15.3 Å². The number of carbonyl (C=O) groups is 1. The summed E-state index contributed by atoms with van der Waals surface area (Å²) >= 11 is 1.77. The van der Waals surface area contributed by atoms with E-state index in [1.54, 1.807) is 51.7 Å². The van der Waals surface area contributed by atoms with Crippen molar-refractivity contribution in [3.05, 3.63) is 34.5 Å². The van der Waals surface area contributed by atoms with Gasteiger partial charge in [0.25, 0.3) is 0 Å². The van der Waals surface area contributed by atoms with Gasteiger partial charge in [0.1, 0.15) is 22.7 Å². The smallest absolute Gasteiger partial charge is 0.209 e. The Morgan fingerprint density at radius 1 is 1.32 bits per heavy atom. The van der Waals surface area contributed by atoms with Crippen LogP contribution in [0, 0.1) is 5.41 Å². The number of benzene rings is 1. The van der Waals surface area contributed by atoms with E-state index in [1.807, 2.05) is 6.07 Å². The standard InChI is InChI=1S/C18H19N5OS.C6H13NO2/c1-24-14-7-12(20)10(8-19)6-13(14)23-17-16-11-4-2-3-5-15(11)25-18(16)22-9-21-17;1-6(2,9)4-7(3)5-8/h6-9,19H,2-5,20H2,1H3,(H,21,22,23);5,9H,4H2,1-3H3. The van der Waals surface area contributed by atoms with Gasteiger partial charge in [-0.05, 0) is 51.2 Å². The van der Waals surface area contributed by atoms with Crippen LogP contribution in [0.2, 0.25) is 0 Å². The Hall–Kier alpha value is -3.24. The summed E-state index contributed by atoms with van der Waals surface area (Å²) in [5.41, 5.74) is 8.43. The Morgan fingerprint density at radius 2 is 2.06 bits per heavy atom. The molecule has 0 radical (unpaired) electrons. The maximum Gasteiger partial charge on any atom is 0.209 e. The molecule has 0 saturated heterocycles. The van der Waals surface area contributed by atoms with Gasteiger partial charge in [0.2, 0.25) is 6.41 Å². The molecule has 0 atom stereocenters. The fourth-order valence-electron chi connectivity index (χ4n) is 3.96. The predicted octanol–water partition coefficient (Wildman–Crippen LogP) is 3.75. The highest BCUT2D eigenvalue weighted by Gasteiger charge is 2.20. The first-order chi connectivity index (χ1) is 16.2. The minimum absolute atomic E-state index is 0.372. The third-order valence-electron chi connectivity index (χ3n) is 5.38. The number of nitrogens with two attached hydrogens (primary N) is 1. The third-order valence-corrected chi connectivity index (χ3v) is 6.58. The van der Waals surface area contributed by atoms with Gasteiger partial charge in [0, 0.05) is 42.0 Å². The first kappa shape index (κ1) is 25.4. The Kier molecular flexibility index (Phi) is 8.06. The second kappa shape index (κ2) is 10.8. The van der Waals surface area contributed by atoms with E-state index in [9.17, 15) is 4.79 Å². The first-order valence-corrected chi connectivity index (χ1v) is 11.9. The number of anilines is 3. The van der Waals surface area contributed by atoms with E-state index in [-0.39, 0.29) is 0 Å². The molecule has 0 bridgehead atoms. The molecule has 0 saturated carbocycles. The molecular formula is C24H32N6O3S. The van der Waals surface area contributed by atoms with Crippen molar-refractivity contribution in [3.8, 4) is 5.75 Å². The number of carbonyl (C=O) groups excluding carboxylic acids is 1. The van der Waals surface area contributed by atoms with E-state index < -0.39 is 5.60 Å². The van der Waals surface area contributed by atoms with Crippen LogP contribution in [0.5, 0.6) is 5.75 Å². The van der Waals surface area contributed by atoms with Gasteiger partial charge in [-0.15, -0.1) is 11.3 Å². The molecule has 4 rings (SSSR count). The maximum atomic E-state index is 10.00. The number of aromatic nitrogens is 2. The predicted molar refractivity (Wildman–Crippen MR) is 138 cm³/mol. The van der Waals surface area contributed by atoms with Crippen LogP contribution in [0.25, 0.3) is 10.2 Å². The SMILES string of the molecule is CN(C=O)CC(C)(C)O.COc1cc(N)c(C=N)cc1Nc1ncnc2sc3c(c12)CCCC3. The number of ether oxygens (including phenoxy) is 1. The molecule has 1 aliphatic rings. The third kappa shape index (κ3) is 6.00. The van der Waals surface area contributed by atoms with Crippen LogP contribution in [-0.4, -0.2) is 58.9 Å². The molecule has 0 aliphatic heterocycles.